The molecule has 0 bridgehead atoms. The van der Waals surface area contributed by atoms with Crippen molar-refractivity contribution < 1.29 is 18.9 Å². The summed E-state index contributed by atoms with van der Waals surface area (Å²) in [5, 5.41) is 0. The second-order valence-corrected chi connectivity index (χ2v) is 7.13. The van der Waals surface area contributed by atoms with Crippen LogP contribution in [0.1, 0.15) is 0 Å². The van der Waals surface area contributed by atoms with E-state index in [1.807, 2.05) is 0 Å². The SMILES string of the molecule is CN1CCN(CCOCCOCCOCCOCCN2CCN(C)C2)C1. The normalized spacial score (nSPS) is 20.5. The lowest BCUT2D eigenvalue weighted by atomic mass is 10.5. The molecule has 8 nitrogen and oxygen atoms in total. The highest BCUT2D eigenvalue weighted by atomic mass is 16.6. The van der Waals surface area contributed by atoms with E-state index in [2.05, 4.69) is 33.7 Å². The van der Waals surface area contributed by atoms with Crippen molar-refractivity contribution in [3.05, 3.63) is 0 Å². The molecule has 0 aromatic rings. The molecule has 0 aromatic heterocycles. The van der Waals surface area contributed by atoms with Crippen molar-refractivity contribution in [2.45, 2.75) is 0 Å². The highest BCUT2D eigenvalue weighted by Crippen LogP contribution is 2.01. The number of ether oxygens (including phenoxy) is 4. The molecule has 0 aromatic carbocycles. The molecule has 2 aliphatic rings. The smallest absolute Gasteiger partial charge is 0.0701 e. The van der Waals surface area contributed by atoms with Crippen LogP contribution in [0.4, 0.5) is 0 Å². The molecule has 2 saturated heterocycles. The number of hydrogen-bond donors (Lipinski definition) is 0. The summed E-state index contributed by atoms with van der Waals surface area (Å²) in [5.74, 6) is 0. The van der Waals surface area contributed by atoms with E-state index in [1.54, 1.807) is 0 Å². The molecule has 26 heavy (non-hydrogen) atoms. The minimum Gasteiger partial charge on any atom is -0.378 e. The van der Waals surface area contributed by atoms with Crippen LogP contribution in [0.15, 0.2) is 0 Å². The Hall–Kier alpha value is -0.320. The molecule has 2 fully saturated rings. The lowest BCUT2D eigenvalue weighted by Crippen LogP contribution is -2.27. The third kappa shape index (κ3) is 10.1. The summed E-state index contributed by atoms with van der Waals surface area (Å²) in [6.45, 7) is 14.1. The molecule has 0 aliphatic carbocycles. The average molecular weight is 375 g/mol. The summed E-state index contributed by atoms with van der Waals surface area (Å²) in [5.41, 5.74) is 0. The molecule has 2 rings (SSSR count). The van der Waals surface area contributed by atoms with E-state index < -0.39 is 0 Å². The fourth-order valence-corrected chi connectivity index (χ4v) is 3.10. The zero-order chi connectivity index (χ0) is 18.5. The van der Waals surface area contributed by atoms with Crippen LogP contribution in [-0.2, 0) is 18.9 Å². The van der Waals surface area contributed by atoms with Crippen LogP contribution >= 0.6 is 0 Å². The van der Waals surface area contributed by atoms with Crippen molar-refractivity contribution >= 4 is 0 Å². The third-order valence-electron chi connectivity index (χ3n) is 4.70. The summed E-state index contributed by atoms with van der Waals surface area (Å²) in [6.07, 6.45) is 0. The van der Waals surface area contributed by atoms with Crippen molar-refractivity contribution in [3.8, 4) is 0 Å². The van der Waals surface area contributed by atoms with Gasteiger partial charge in [-0.05, 0) is 14.1 Å². The quantitative estimate of drug-likeness (QED) is 0.355. The molecule has 0 unspecified atom stereocenters. The Balaban J connectivity index is 1.23. The molecule has 0 N–H and O–H groups in total. The molecule has 0 spiro atoms. The fourth-order valence-electron chi connectivity index (χ4n) is 3.10. The summed E-state index contributed by atoms with van der Waals surface area (Å²) in [6, 6.07) is 0. The maximum absolute atomic E-state index is 5.60. The van der Waals surface area contributed by atoms with E-state index in [9.17, 15) is 0 Å². The number of nitrogens with zero attached hydrogens (tertiary/aromatic N) is 4. The first-order valence-electron chi connectivity index (χ1n) is 9.87. The van der Waals surface area contributed by atoms with Gasteiger partial charge in [0, 0.05) is 39.3 Å². The van der Waals surface area contributed by atoms with Gasteiger partial charge >= 0.3 is 0 Å². The summed E-state index contributed by atoms with van der Waals surface area (Å²) >= 11 is 0. The number of likely N-dealkylation sites (N-methyl/N-ethyl adjacent to an activating group) is 2. The lowest BCUT2D eigenvalue weighted by Gasteiger charge is -2.15. The summed E-state index contributed by atoms with van der Waals surface area (Å²) < 4.78 is 22.2. The van der Waals surface area contributed by atoms with Crippen LogP contribution in [-0.4, -0.2) is 139 Å². The van der Waals surface area contributed by atoms with Crippen LogP contribution < -0.4 is 0 Å². The Morgan fingerprint density at radius 1 is 0.500 bits per heavy atom. The van der Waals surface area contributed by atoms with Crippen LogP contribution in [0.25, 0.3) is 0 Å². The van der Waals surface area contributed by atoms with Gasteiger partial charge in [0.15, 0.2) is 0 Å². The predicted molar refractivity (Wildman–Crippen MR) is 101 cm³/mol. The highest BCUT2D eigenvalue weighted by Gasteiger charge is 2.15. The zero-order valence-corrected chi connectivity index (χ0v) is 16.7. The largest absolute Gasteiger partial charge is 0.378 e. The van der Waals surface area contributed by atoms with Gasteiger partial charge in [0.1, 0.15) is 0 Å². The average Bonchev–Trinajstić information content (AvgIpc) is 3.23. The van der Waals surface area contributed by atoms with Crippen molar-refractivity contribution in [2.75, 3.05) is 120 Å². The number of hydrogen-bond acceptors (Lipinski definition) is 8. The Morgan fingerprint density at radius 3 is 1.15 bits per heavy atom. The van der Waals surface area contributed by atoms with Crippen molar-refractivity contribution in [3.63, 3.8) is 0 Å². The molecule has 154 valence electrons. The van der Waals surface area contributed by atoms with E-state index >= 15 is 0 Å². The van der Waals surface area contributed by atoms with Gasteiger partial charge in [-0.25, -0.2) is 0 Å². The first-order valence-corrected chi connectivity index (χ1v) is 9.87. The second-order valence-electron chi connectivity index (χ2n) is 7.13. The Bertz CT molecular complexity index is 319. The fraction of sp³-hybridized carbons (Fsp3) is 1.00. The van der Waals surface area contributed by atoms with Gasteiger partial charge in [0.25, 0.3) is 0 Å². The van der Waals surface area contributed by atoms with Crippen LogP contribution in [0.5, 0.6) is 0 Å². The van der Waals surface area contributed by atoms with Gasteiger partial charge in [-0.15, -0.1) is 0 Å². The Kier molecular flexibility index (Phi) is 11.7. The maximum atomic E-state index is 5.60. The van der Waals surface area contributed by atoms with Crippen molar-refractivity contribution in [1.82, 2.24) is 19.6 Å². The monoisotopic (exact) mass is 374 g/mol. The molecule has 0 atom stereocenters. The molecule has 0 radical (unpaired) electrons. The van der Waals surface area contributed by atoms with Gasteiger partial charge in [-0.1, -0.05) is 0 Å². The summed E-state index contributed by atoms with van der Waals surface area (Å²) in [7, 11) is 4.30. The van der Waals surface area contributed by atoms with Gasteiger partial charge in [0.2, 0.25) is 0 Å². The van der Waals surface area contributed by atoms with Gasteiger partial charge < -0.3 is 18.9 Å². The van der Waals surface area contributed by atoms with E-state index in [4.69, 9.17) is 18.9 Å². The minimum absolute atomic E-state index is 0.612. The van der Waals surface area contributed by atoms with E-state index in [-0.39, 0.29) is 0 Å². The standard InChI is InChI=1S/C18H38N4O4/c1-19-3-5-21(17-19)7-9-23-11-13-25-15-16-26-14-12-24-10-8-22-6-4-20(2)18-22/h3-18H2,1-2H3. The van der Waals surface area contributed by atoms with Crippen LogP contribution in [0, 0.1) is 0 Å². The molecule has 2 aliphatic heterocycles. The predicted octanol–water partition coefficient (Wildman–Crippen LogP) is -0.537. The summed E-state index contributed by atoms with van der Waals surface area (Å²) in [4.78, 5) is 9.45. The molecule has 0 amide bonds. The molecular formula is C18H38N4O4. The molecule has 8 heteroatoms. The first-order chi connectivity index (χ1) is 12.7. The van der Waals surface area contributed by atoms with Gasteiger partial charge in [-0.3, -0.25) is 19.6 Å². The second kappa shape index (κ2) is 13.8. The molecular weight excluding hydrogens is 336 g/mol. The van der Waals surface area contributed by atoms with Gasteiger partial charge in [-0.2, -0.15) is 0 Å². The van der Waals surface area contributed by atoms with Crippen molar-refractivity contribution in [2.24, 2.45) is 0 Å². The van der Waals surface area contributed by atoms with E-state index in [0.29, 0.717) is 39.6 Å². The van der Waals surface area contributed by atoms with Crippen molar-refractivity contribution in [1.29, 1.82) is 0 Å². The zero-order valence-electron chi connectivity index (χ0n) is 16.7. The highest BCUT2D eigenvalue weighted by molar-refractivity contribution is 4.67. The third-order valence-corrected chi connectivity index (χ3v) is 4.70. The van der Waals surface area contributed by atoms with E-state index in [1.165, 1.54) is 0 Å². The first kappa shape index (κ1) is 22.0. The maximum Gasteiger partial charge on any atom is 0.0701 e. The topological polar surface area (TPSA) is 49.9 Å². The van der Waals surface area contributed by atoms with E-state index in [0.717, 1.165) is 65.8 Å². The lowest BCUT2D eigenvalue weighted by molar-refractivity contribution is -0.00527. The minimum atomic E-state index is 0.612. The molecule has 2 heterocycles. The van der Waals surface area contributed by atoms with Crippen LogP contribution in [0.2, 0.25) is 0 Å². The van der Waals surface area contributed by atoms with Crippen LogP contribution in [0.3, 0.4) is 0 Å². The Morgan fingerprint density at radius 2 is 0.846 bits per heavy atom. The molecule has 0 saturated carbocycles. The number of rotatable bonds is 15. The Labute approximate surface area is 158 Å². The van der Waals surface area contributed by atoms with Gasteiger partial charge in [0.05, 0.1) is 66.2 Å².